The third kappa shape index (κ3) is 4.24. The largest absolute Gasteiger partial charge is 0.396 e. The Labute approximate surface area is 96.1 Å². The lowest BCUT2D eigenvalue weighted by atomic mass is 10.2. The first kappa shape index (κ1) is 12.6. The van der Waals surface area contributed by atoms with Crippen LogP contribution in [-0.4, -0.2) is 30.6 Å². The van der Waals surface area contributed by atoms with Crippen molar-refractivity contribution in [2.24, 2.45) is 0 Å². The van der Waals surface area contributed by atoms with Crippen molar-refractivity contribution in [1.82, 2.24) is 5.32 Å². The Kier molecular flexibility index (Phi) is 5.76. The van der Waals surface area contributed by atoms with Crippen LogP contribution in [0.5, 0.6) is 0 Å². The zero-order valence-corrected chi connectivity index (χ0v) is 10.2. The van der Waals surface area contributed by atoms with Crippen LogP contribution in [0.15, 0.2) is 29.2 Å². The molecule has 1 unspecified atom stereocenters. The number of aryl methyl sites for hydroxylation is 1. The molecule has 15 heavy (non-hydrogen) atoms. The molecule has 0 saturated heterocycles. The first-order valence-electron chi connectivity index (χ1n) is 5.24. The van der Waals surface area contributed by atoms with E-state index in [2.05, 4.69) is 36.5 Å². The van der Waals surface area contributed by atoms with Gasteiger partial charge in [0.1, 0.15) is 0 Å². The lowest BCUT2D eigenvalue weighted by Gasteiger charge is -2.14. The van der Waals surface area contributed by atoms with Gasteiger partial charge in [0.15, 0.2) is 0 Å². The SMILES string of the molecule is CNC(CCO)CSc1ccccc1C. The second-order valence-corrected chi connectivity index (χ2v) is 4.64. The Morgan fingerprint density at radius 3 is 2.73 bits per heavy atom. The van der Waals surface area contributed by atoms with Crippen LogP contribution in [0.4, 0.5) is 0 Å². The average molecular weight is 225 g/mol. The van der Waals surface area contributed by atoms with Gasteiger partial charge in [-0.05, 0) is 32.0 Å². The molecule has 1 atom stereocenters. The molecule has 0 amide bonds. The maximum absolute atomic E-state index is 8.87. The number of hydrogen-bond donors (Lipinski definition) is 2. The third-order valence-corrected chi connectivity index (χ3v) is 3.76. The van der Waals surface area contributed by atoms with Crippen LogP contribution in [0.25, 0.3) is 0 Å². The summed E-state index contributed by atoms with van der Waals surface area (Å²) in [6, 6.07) is 8.78. The molecule has 0 fully saturated rings. The van der Waals surface area contributed by atoms with Gasteiger partial charge in [0.2, 0.25) is 0 Å². The highest BCUT2D eigenvalue weighted by atomic mass is 32.2. The van der Waals surface area contributed by atoms with E-state index >= 15 is 0 Å². The highest BCUT2D eigenvalue weighted by Gasteiger charge is 2.06. The normalized spacial score (nSPS) is 12.7. The molecule has 0 aromatic heterocycles. The highest BCUT2D eigenvalue weighted by Crippen LogP contribution is 2.22. The molecule has 0 radical (unpaired) electrons. The first-order chi connectivity index (χ1) is 7.27. The molecule has 0 heterocycles. The molecule has 2 nitrogen and oxygen atoms in total. The lowest BCUT2D eigenvalue weighted by molar-refractivity contribution is 0.273. The van der Waals surface area contributed by atoms with Crippen molar-refractivity contribution < 1.29 is 5.11 Å². The number of hydrogen-bond acceptors (Lipinski definition) is 3. The van der Waals surface area contributed by atoms with Gasteiger partial charge in [0.05, 0.1) is 0 Å². The van der Waals surface area contributed by atoms with Crippen molar-refractivity contribution in [1.29, 1.82) is 0 Å². The summed E-state index contributed by atoms with van der Waals surface area (Å²) in [5, 5.41) is 12.1. The maximum atomic E-state index is 8.87. The smallest absolute Gasteiger partial charge is 0.0446 e. The van der Waals surface area contributed by atoms with Crippen LogP contribution >= 0.6 is 11.8 Å². The van der Waals surface area contributed by atoms with Crippen molar-refractivity contribution in [2.75, 3.05) is 19.4 Å². The van der Waals surface area contributed by atoms with E-state index in [4.69, 9.17) is 5.11 Å². The van der Waals surface area contributed by atoms with E-state index in [0.29, 0.717) is 6.04 Å². The molecule has 0 spiro atoms. The Hall–Kier alpha value is -0.510. The van der Waals surface area contributed by atoms with Gasteiger partial charge in [-0.1, -0.05) is 18.2 Å². The summed E-state index contributed by atoms with van der Waals surface area (Å²) in [6.07, 6.45) is 0.815. The van der Waals surface area contributed by atoms with E-state index in [9.17, 15) is 0 Å². The van der Waals surface area contributed by atoms with E-state index in [1.165, 1.54) is 10.5 Å². The highest BCUT2D eigenvalue weighted by molar-refractivity contribution is 7.99. The van der Waals surface area contributed by atoms with Gasteiger partial charge in [0.25, 0.3) is 0 Å². The van der Waals surface area contributed by atoms with Gasteiger partial charge in [-0.15, -0.1) is 11.8 Å². The van der Waals surface area contributed by atoms with Crippen molar-refractivity contribution in [2.45, 2.75) is 24.3 Å². The summed E-state index contributed by atoms with van der Waals surface area (Å²) in [5.41, 5.74) is 1.32. The molecule has 0 aliphatic rings. The number of rotatable bonds is 6. The average Bonchev–Trinajstić information content (AvgIpc) is 2.26. The molecular formula is C12H19NOS. The van der Waals surface area contributed by atoms with Gasteiger partial charge in [-0.2, -0.15) is 0 Å². The summed E-state index contributed by atoms with van der Waals surface area (Å²) in [5.74, 6) is 1.00. The first-order valence-corrected chi connectivity index (χ1v) is 6.23. The van der Waals surface area contributed by atoms with Gasteiger partial charge in [0, 0.05) is 23.3 Å². The predicted molar refractivity (Wildman–Crippen MR) is 66.5 cm³/mol. The Bertz CT molecular complexity index is 291. The number of nitrogens with one attached hydrogen (secondary N) is 1. The number of thioether (sulfide) groups is 1. The van der Waals surface area contributed by atoms with Crippen molar-refractivity contribution in [3.63, 3.8) is 0 Å². The zero-order valence-electron chi connectivity index (χ0n) is 9.36. The minimum Gasteiger partial charge on any atom is -0.396 e. The van der Waals surface area contributed by atoms with E-state index in [1.54, 1.807) is 0 Å². The second-order valence-electron chi connectivity index (χ2n) is 3.57. The van der Waals surface area contributed by atoms with Crippen LogP contribution in [0, 0.1) is 6.92 Å². The molecule has 0 aliphatic carbocycles. The van der Waals surface area contributed by atoms with Crippen LogP contribution in [-0.2, 0) is 0 Å². The fraction of sp³-hybridized carbons (Fsp3) is 0.500. The topological polar surface area (TPSA) is 32.3 Å². The van der Waals surface area contributed by atoms with Gasteiger partial charge < -0.3 is 10.4 Å². The molecule has 1 aromatic rings. The number of aliphatic hydroxyl groups excluding tert-OH is 1. The molecule has 0 aliphatic heterocycles. The van der Waals surface area contributed by atoms with E-state index in [0.717, 1.165) is 12.2 Å². The molecular weight excluding hydrogens is 206 g/mol. The summed E-state index contributed by atoms with van der Waals surface area (Å²) in [4.78, 5) is 1.33. The Morgan fingerprint density at radius 1 is 1.40 bits per heavy atom. The number of benzene rings is 1. The summed E-state index contributed by atoms with van der Waals surface area (Å²) >= 11 is 1.85. The lowest BCUT2D eigenvalue weighted by Crippen LogP contribution is -2.28. The molecule has 1 aromatic carbocycles. The van der Waals surface area contributed by atoms with Crippen LogP contribution in [0.3, 0.4) is 0 Å². The summed E-state index contributed by atoms with van der Waals surface area (Å²) < 4.78 is 0. The van der Waals surface area contributed by atoms with Crippen LogP contribution < -0.4 is 5.32 Å². The predicted octanol–water partition coefficient (Wildman–Crippen LogP) is 2.06. The van der Waals surface area contributed by atoms with E-state index in [-0.39, 0.29) is 6.61 Å². The number of aliphatic hydroxyl groups is 1. The van der Waals surface area contributed by atoms with Gasteiger partial charge in [-0.25, -0.2) is 0 Å². The van der Waals surface area contributed by atoms with Crippen LogP contribution in [0.2, 0.25) is 0 Å². The third-order valence-electron chi connectivity index (χ3n) is 2.42. The second kappa shape index (κ2) is 6.88. The molecule has 2 N–H and O–H groups in total. The van der Waals surface area contributed by atoms with Crippen LogP contribution in [0.1, 0.15) is 12.0 Å². The van der Waals surface area contributed by atoms with Crippen molar-refractivity contribution in [3.8, 4) is 0 Å². The fourth-order valence-corrected chi connectivity index (χ4v) is 2.56. The standard InChI is InChI=1S/C12H19NOS/c1-10-5-3-4-6-12(10)15-9-11(13-2)7-8-14/h3-6,11,13-14H,7-9H2,1-2H3. The molecule has 0 bridgehead atoms. The van der Waals surface area contributed by atoms with E-state index < -0.39 is 0 Å². The van der Waals surface area contributed by atoms with E-state index in [1.807, 2.05) is 18.8 Å². The monoisotopic (exact) mass is 225 g/mol. The zero-order chi connectivity index (χ0) is 11.1. The van der Waals surface area contributed by atoms with Crippen molar-refractivity contribution >= 4 is 11.8 Å². The Balaban J connectivity index is 2.45. The maximum Gasteiger partial charge on any atom is 0.0446 e. The van der Waals surface area contributed by atoms with Gasteiger partial charge in [-0.3, -0.25) is 0 Å². The minimum atomic E-state index is 0.250. The quantitative estimate of drug-likeness (QED) is 0.727. The minimum absolute atomic E-state index is 0.250. The fourth-order valence-electron chi connectivity index (χ4n) is 1.38. The molecule has 3 heteroatoms. The molecule has 0 saturated carbocycles. The molecule has 84 valence electrons. The van der Waals surface area contributed by atoms with Gasteiger partial charge >= 0.3 is 0 Å². The molecule has 1 rings (SSSR count). The summed E-state index contributed by atoms with van der Waals surface area (Å²) in [7, 11) is 1.94. The Morgan fingerprint density at radius 2 is 2.13 bits per heavy atom. The summed E-state index contributed by atoms with van der Waals surface area (Å²) in [6.45, 7) is 2.38. The van der Waals surface area contributed by atoms with Crippen molar-refractivity contribution in [3.05, 3.63) is 29.8 Å².